The van der Waals surface area contributed by atoms with E-state index in [9.17, 15) is 0 Å². The third kappa shape index (κ3) is 2.58. The van der Waals surface area contributed by atoms with Crippen LogP contribution in [0.25, 0.3) is 10.2 Å². The highest BCUT2D eigenvalue weighted by molar-refractivity contribution is 7.19. The molecule has 112 valence electrons. The van der Waals surface area contributed by atoms with Crippen LogP contribution in [0.5, 0.6) is 0 Å². The van der Waals surface area contributed by atoms with Crippen LogP contribution in [0.2, 0.25) is 5.15 Å². The largest absolute Gasteiger partial charge is 0.329 e. The second-order valence-electron chi connectivity index (χ2n) is 6.60. The van der Waals surface area contributed by atoms with Crippen molar-refractivity contribution in [3.8, 4) is 0 Å². The van der Waals surface area contributed by atoms with Gasteiger partial charge in [-0.05, 0) is 30.7 Å². The van der Waals surface area contributed by atoms with Gasteiger partial charge in [0.1, 0.15) is 16.5 Å². The molecule has 0 radical (unpaired) electrons. The summed E-state index contributed by atoms with van der Waals surface area (Å²) in [7, 11) is 0. The molecule has 4 rings (SSSR count). The van der Waals surface area contributed by atoms with Crippen LogP contribution in [0, 0.1) is 5.92 Å². The van der Waals surface area contributed by atoms with E-state index in [0.717, 1.165) is 34.9 Å². The summed E-state index contributed by atoms with van der Waals surface area (Å²) in [5, 5.41) is 1.82. The number of hydrogen-bond acceptors (Lipinski definition) is 3. The van der Waals surface area contributed by atoms with E-state index in [1.807, 2.05) is 11.3 Å². The SMILES string of the molecule is C[C@@H]1CCc2c(sc3nc(C[NH+]4CCCC4)nc(Cl)c23)C1. The third-order valence-corrected chi connectivity index (χ3v) is 6.30. The fraction of sp³-hybridized carbons (Fsp3) is 0.625. The van der Waals surface area contributed by atoms with Crippen molar-refractivity contribution < 1.29 is 4.90 Å². The molecule has 2 aliphatic rings. The van der Waals surface area contributed by atoms with E-state index in [4.69, 9.17) is 16.6 Å². The van der Waals surface area contributed by atoms with Crippen LogP contribution in [0.3, 0.4) is 0 Å². The molecule has 0 amide bonds. The van der Waals surface area contributed by atoms with Gasteiger partial charge in [-0.3, -0.25) is 0 Å². The summed E-state index contributed by atoms with van der Waals surface area (Å²) in [6.45, 7) is 5.76. The van der Waals surface area contributed by atoms with E-state index in [2.05, 4.69) is 11.9 Å². The molecule has 1 fully saturated rings. The summed E-state index contributed by atoms with van der Waals surface area (Å²) < 4.78 is 0. The van der Waals surface area contributed by atoms with Crippen molar-refractivity contribution in [1.29, 1.82) is 0 Å². The minimum atomic E-state index is 0.681. The van der Waals surface area contributed by atoms with Crippen molar-refractivity contribution in [3.63, 3.8) is 0 Å². The van der Waals surface area contributed by atoms with Gasteiger partial charge < -0.3 is 4.90 Å². The van der Waals surface area contributed by atoms with E-state index >= 15 is 0 Å². The molecule has 5 heteroatoms. The van der Waals surface area contributed by atoms with Crippen molar-refractivity contribution in [2.45, 2.75) is 45.6 Å². The average molecular weight is 323 g/mol. The fourth-order valence-electron chi connectivity index (χ4n) is 3.69. The molecule has 0 unspecified atom stereocenters. The smallest absolute Gasteiger partial charge is 0.186 e. The van der Waals surface area contributed by atoms with Crippen LogP contribution in [-0.2, 0) is 19.4 Å². The molecule has 2 aromatic rings. The molecule has 1 N–H and O–H groups in total. The van der Waals surface area contributed by atoms with Gasteiger partial charge in [0.15, 0.2) is 5.82 Å². The zero-order valence-electron chi connectivity index (χ0n) is 12.4. The van der Waals surface area contributed by atoms with Gasteiger partial charge in [0.2, 0.25) is 0 Å². The Bertz CT molecular complexity index is 676. The molecule has 1 atom stereocenters. The number of aryl methyl sites for hydroxylation is 1. The number of fused-ring (bicyclic) bond motifs is 3. The maximum absolute atomic E-state index is 6.51. The Balaban J connectivity index is 1.72. The lowest BCUT2D eigenvalue weighted by Gasteiger charge is -2.17. The van der Waals surface area contributed by atoms with Crippen LogP contribution >= 0.6 is 22.9 Å². The minimum Gasteiger partial charge on any atom is -0.329 e. The van der Waals surface area contributed by atoms with Crippen molar-refractivity contribution in [2.24, 2.45) is 5.92 Å². The van der Waals surface area contributed by atoms with Gasteiger partial charge in [0.25, 0.3) is 0 Å². The first-order valence-corrected chi connectivity index (χ1v) is 9.20. The van der Waals surface area contributed by atoms with Gasteiger partial charge >= 0.3 is 0 Å². The molecule has 1 aliphatic carbocycles. The summed E-state index contributed by atoms with van der Waals surface area (Å²) in [4.78, 5) is 13.6. The molecule has 3 heterocycles. The predicted molar refractivity (Wildman–Crippen MR) is 87.2 cm³/mol. The average Bonchev–Trinajstić information content (AvgIpc) is 3.05. The molecule has 1 saturated heterocycles. The van der Waals surface area contributed by atoms with Crippen LogP contribution in [-0.4, -0.2) is 23.1 Å². The summed E-state index contributed by atoms with van der Waals surface area (Å²) >= 11 is 8.35. The van der Waals surface area contributed by atoms with E-state index in [0.29, 0.717) is 5.15 Å². The van der Waals surface area contributed by atoms with Crippen molar-refractivity contribution in [2.75, 3.05) is 13.1 Å². The number of likely N-dealkylation sites (tertiary alicyclic amines) is 1. The number of nitrogens with zero attached hydrogens (tertiary/aromatic N) is 2. The first-order valence-electron chi connectivity index (χ1n) is 8.01. The molecular formula is C16H21ClN3S+. The molecule has 0 bridgehead atoms. The second-order valence-corrected chi connectivity index (χ2v) is 8.04. The Kier molecular flexibility index (Phi) is 3.64. The zero-order chi connectivity index (χ0) is 14.4. The molecule has 3 nitrogen and oxygen atoms in total. The van der Waals surface area contributed by atoms with Gasteiger partial charge in [-0.2, -0.15) is 0 Å². The quantitative estimate of drug-likeness (QED) is 0.862. The Morgan fingerprint density at radius 3 is 2.90 bits per heavy atom. The van der Waals surface area contributed by atoms with Crippen molar-refractivity contribution in [1.82, 2.24) is 9.97 Å². The van der Waals surface area contributed by atoms with Gasteiger partial charge in [0.05, 0.1) is 18.5 Å². The topological polar surface area (TPSA) is 30.2 Å². The van der Waals surface area contributed by atoms with E-state index in [1.54, 1.807) is 4.90 Å². The highest BCUT2D eigenvalue weighted by Crippen LogP contribution is 2.39. The first-order chi connectivity index (χ1) is 10.2. The number of thiophene rings is 1. The maximum atomic E-state index is 6.51. The number of rotatable bonds is 2. The Hall–Kier alpha value is -0.710. The van der Waals surface area contributed by atoms with Crippen LogP contribution in [0.15, 0.2) is 0 Å². The predicted octanol–water partition coefficient (Wildman–Crippen LogP) is 2.65. The summed E-state index contributed by atoms with van der Waals surface area (Å²) in [5.74, 6) is 1.71. The van der Waals surface area contributed by atoms with Gasteiger partial charge in [0, 0.05) is 17.7 Å². The zero-order valence-corrected chi connectivity index (χ0v) is 14.0. The molecule has 0 spiro atoms. The number of halogens is 1. The van der Waals surface area contributed by atoms with Crippen LogP contribution < -0.4 is 4.90 Å². The van der Waals surface area contributed by atoms with E-state index in [1.165, 1.54) is 49.2 Å². The molecule has 1 aliphatic heterocycles. The number of aromatic nitrogens is 2. The normalized spacial score (nSPS) is 22.9. The third-order valence-electron chi connectivity index (χ3n) is 4.88. The monoisotopic (exact) mass is 322 g/mol. The molecular weight excluding hydrogens is 302 g/mol. The summed E-state index contributed by atoms with van der Waals surface area (Å²) in [6.07, 6.45) is 6.23. The van der Waals surface area contributed by atoms with Crippen LogP contribution in [0.1, 0.15) is 42.5 Å². The Morgan fingerprint density at radius 2 is 2.10 bits per heavy atom. The highest BCUT2D eigenvalue weighted by atomic mass is 35.5. The number of hydrogen-bond donors (Lipinski definition) is 1. The van der Waals surface area contributed by atoms with Crippen molar-refractivity contribution in [3.05, 3.63) is 21.4 Å². The number of nitrogens with one attached hydrogen (secondary N) is 1. The fourth-order valence-corrected chi connectivity index (χ4v) is 5.45. The Labute approximate surface area is 134 Å². The molecule has 21 heavy (non-hydrogen) atoms. The standard InChI is InChI=1S/C16H20ClN3S/c1-10-4-5-11-12(8-10)21-16-14(11)15(17)18-13(19-16)9-20-6-2-3-7-20/h10H,2-9H2,1H3/p+1/t10-/m1/s1. The molecule has 0 saturated carbocycles. The Morgan fingerprint density at radius 1 is 1.29 bits per heavy atom. The van der Waals surface area contributed by atoms with Crippen LogP contribution in [0.4, 0.5) is 0 Å². The lowest BCUT2D eigenvalue weighted by Crippen LogP contribution is -3.08. The second kappa shape index (κ2) is 5.49. The lowest BCUT2D eigenvalue weighted by atomic mass is 9.89. The number of quaternary nitrogens is 1. The molecule has 0 aromatic carbocycles. The first kappa shape index (κ1) is 13.9. The van der Waals surface area contributed by atoms with E-state index in [-0.39, 0.29) is 0 Å². The highest BCUT2D eigenvalue weighted by Gasteiger charge is 2.24. The van der Waals surface area contributed by atoms with Gasteiger partial charge in [-0.15, -0.1) is 11.3 Å². The lowest BCUT2D eigenvalue weighted by molar-refractivity contribution is -0.902. The summed E-state index contributed by atoms with van der Waals surface area (Å²) in [5.41, 5.74) is 1.43. The van der Waals surface area contributed by atoms with Gasteiger partial charge in [-0.25, -0.2) is 9.97 Å². The minimum absolute atomic E-state index is 0.681. The van der Waals surface area contributed by atoms with Crippen molar-refractivity contribution >= 4 is 33.2 Å². The summed E-state index contributed by atoms with van der Waals surface area (Å²) in [6, 6.07) is 0. The maximum Gasteiger partial charge on any atom is 0.186 e. The van der Waals surface area contributed by atoms with E-state index < -0.39 is 0 Å². The molecule has 2 aromatic heterocycles. The van der Waals surface area contributed by atoms with Gasteiger partial charge in [-0.1, -0.05) is 18.5 Å².